The fraction of sp³-hybridized carbons (Fsp3) is 0.562. The third-order valence-electron chi connectivity index (χ3n) is 4.47. The zero-order valence-corrected chi connectivity index (χ0v) is 12.5. The lowest BCUT2D eigenvalue weighted by Crippen LogP contribution is -2.46. The molecule has 1 aromatic carbocycles. The number of rotatable bonds is 3. The average molecular weight is 276 g/mol. The van der Waals surface area contributed by atoms with Crippen LogP contribution in [0.3, 0.4) is 0 Å². The molecule has 1 aliphatic carbocycles. The van der Waals surface area contributed by atoms with Crippen LogP contribution in [0.15, 0.2) is 18.2 Å². The Hall–Kier alpha value is -1.55. The Bertz CT molecular complexity index is 481. The van der Waals surface area contributed by atoms with Gasteiger partial charge in [-0.1, -0.05) is 31.5 Å². The molecule has 0 bridgehead atoms. The lowest BCUT2D eigenvalue weighted by molar-refractivity contribution is 0.122. The van der Waals surface area contributed by atoms with Crippen LogP contribution >= 0.6 is 0 Å². The number of carbonyl (C=O) groups excluding carboxylic acids is 1. The first-order valence-corrected chi connectivity index (χ1v) is 7.21. The van der Waals surface area contributed by atoms with Crippen molar-refractivity contribution in [1.82, 2.24) is 5.32 Å². The second-order valence-corrected chi connectivity index (χ2v) is 6.12. The minimum atomic E-state index is -0.196. The number of hydrogen-bond acceptors (Lipinski definition) is 2. The van der Waals surface area contributed by atoms with E-state index in [4.69, 9.17) is 0 Å². The number of nitrogens with one attached hydrogen (secondary N) is 2. The number of carbonyl (C=O) groups is 1. The first-order valence-electron chi connectivity index (χ1n) is 7.21. The molecule has 110 valence electrons. The highest BCUT2D eigenvalue weighted by atomic mass is 16.3. The van der Waals surface area contributed by atoms with Gasteiger partial charge in [0.2, 0.25) is 0 Å². The Labute approximate surface area is 120 Å². The number of aliphatic hydroxyl groups is 1. The van der Waals surface area contributed by atoms with Gasteiger partial charge < -0.3 is 15.7 Å². The number of hydrogen-bond donors (Lipinski definition) is 3. The highest BCUT2D eigenvalue weighted by Crippen LogP contribution is 2.37. The van der Waals surface area contributed by atoms with E-state index in [9.17, 15) is 9.90 Å². The standard InChI is InChI=1S/C16H24N2O2/c1-11-6-4-7-12(2)14(11)18-15(20)17-13-8-5-9-16(13,3)10-19/h4,6-7,13,19H,5,8-10H2,1-3H3,(H2,17,18,20). The van der Waals surface area contributed by atoms with Crippen LogP contribution in [0, 0.1) is 19.3 Å². The van der Waals surface area contributed by atoms with Gasteiger partial charge >= 0.3 is 6.03 Å². The Morgan fingerprint density at radius 2 is 2.05 bits per heavy atom. The Morgan fingerprint density at radius 1 is 1.40 bits per heavy atom. The van der Waals surface area contributed by atoms with Gasteiger partial charge in [0.05, 0.1) is 6.61 Å². The predicted molar refractivity (Wildman–Crippen MR) is 80.9 cm³/mol. The second kappa shape index (κ2) is 5.83. The van der Waals surface area contributed by atoms with Crippen molar-refractivity contribution in [1.29, 1.82) is 0 Å². The number of anilines is 1. The molecule has 1 aromatic rings. The van der Waals surface area contributed by atoms with Crippen molar-refractivity contribution in [2.45, 2.75) is 46.1 Å². The van der Waals surface area contributed by atoms with Crippen molar-refractivity contribution in [2.24, 2.45) is 5.41 Å². The third kappa shape index (κ3) is 2.96. The predicted octanol–water partition coefficient (Wildman–Crippen LogP) is 2.98. The lowest BCUT2D eigenvalue weighted by Gasteiger charge is -2.30. The second-order valence-electron chi connectivity index (χ2n) is 6.12. The van der Waals surface area contributed by atoms with Crippen molar-refractivity contribution < 1.29 is 9.90 Å². The first-order chi connectivity index (χ1) is 9.46. The van der Waals surface area contributed by atoms with Gasteiger partial charge in [0.25, 0.3) is 0 Å². The van der Waals surface area contributed by atoms with Crippen LogP contribution in [0.5, 0.6) is 0 Å². The highest BCUT2D eigenvalue weighted by molar-refractivity contribution is 5.91. The van der Waals surface area contributed by atoms with Gasteiger partial charge in [0.1, 0.15) is 0 Å². The molecular weight excluding hydrogens is 252 g/mol. The van der Waals surface area contributed by atoms with E-state index < -0.39 is 0 Å². The molecule has 1 saturated carbocycles. The normalized spacial score (nSPS) is 25.5. The number of benzene rings is 1. The minimum Gasteiger partial charge on any atom is -0.396 e. The summed E-state index contributed by atoms with van der Waals surface area (Å²) in [5, 5.41) is 15.5. The number of aryl methyl sites for hydroxylation is 2. The molecule has 4 heteroatoms. The number of amides is 2. The maximum absolute atomic E-state index is 12.2. The molecule has 2 unspecified atom stereocenters. The summed E-state index contributed by atoms with van der Waals surface area (Å²) in [5.41, 5.74) is 2.78. The van der Waals surface area contributed by atoms with Gasteiger partial charge in [-0.25, -0.2) is 4.79 Å². The molecule has 3 N–H and O–H groups in total. The van der Waals surface area contributed by atoms with Crippen molar-refractivity contribution in [2.75, 3.05) is 11.9 Å². The molecule has 1 fully saturated rings. The maximum atomic E-state index is 12.2. The quantitative estimate of drug-likeness (QED) is 0.795. The minimum absolute atomic E-state index is 0.0387. The summed E-state index contributed by atoms with van der Waals surface area (Å²) in [6.07, 6.45) is 2.93. The molecule has 0 radical (unpaired) electrons. The SMILES string of the molecule is Cc1cccc(C)c1NC(=O)NC1CCCC1(C)CO. The van der Waals surface area contributed by atoms with Gasteiger partial charge in [-0.3, -0.25) is 0 Å². The van der Waals surface area contributed by atoms with Gasteiger partial charge in [-0.15, -0.1) is 0 Å². The van der Waals surface area contributed by atoms with Gasteiger partial charge in [0.15, 0.2) is 0 Å². The van der Waals surface area contributed by atoms with E-state index in [1.54, 1.807) is 0 Å². The monoisotopic (exact) mass is 276 g/mol. The summed E-state index contributed by atoms with van der Waals surface area (Å²) in [4.78, 5) is 12.2. The zero-order chi connectivity index (χ0) is 14.8. The van der Waals surface area contributed by atoms with E-state index in [0.717, 1.165) is 36.1 Å². The van der Waals surface area contributed by atoms with Crippen LogP contribution in [0.2, 0.25) is 0 Å². The Kier molecular flexibility index (Phi) is 4.33. The average Bonchev–Trinajstić information content (AvgIpc) is 2.76. The summed E-state index contributed by atoms with van der Waals surface area (Å²) in [6, 6.07) is 5.80. The van der Waals surface area contributed by atoms with Crippen molar-refractivity contribution in [3.8, 4) is 0 Å². The molecular formula is C16H24N2O2. The molecule has 2 atom stereocenters. The van der Waals surface area contributed by atoms with Crippen LogP contribution in [0.25, 0.3) is 0 Å². The Balaban J connectivity index is 2.03. The molecule has 0 aliphatic heterocycles. The third-order valence-corrected chi connectivity index (χ3v) is 4.47. The summed E-state index contributed by atoms with van der Waals surface area (Å²) in [7, 11) is 0. The fourth-order valence-corrected chi connectivity index (χ4v) is 2.99. The largest absolute Gasteiger partial charge is 0.396 e. The molecule has 0 saturated heterocycles. The Morgan fingerprint density at radius 3 is 2.65 bits per heavy atom. The number of aliphatic hydroxyl groups excluding tert-OH is 1. The van der Waals surface area contributed by atoms with E-state index in [2.05, 4.69) is 10.6 Å². The van der Waals surface area contributed by atoms with E-state index in [-0.39, 0.29) is 24.1 Å². The van der Waals surface area contributed by atoms with Crippen LogP contribution in [-0.4, -0.2) is 23.8 Å². The van der Waals surface area contributed by atoms with Crippen LogP contribution in [0.1, 0.15) is 37.3 Å². The van der Waals surface area contributed by atoms with E-state index in [0.29, 0.717) is 0 Å². The summed E-state index contributed by atoms with van der Waals surface area (Å²) in [6.45, 7) is 6.11. The lowest BCUT2D eigenvalue weighted by atomic mass is 9.86. The van der Waals surface area contributed by atoms with Gasteiger partial charge in [0, 0.05) is 17.1 Å². The summed E-state index contributed by atoms with van der Waals surface area (Å²) < 4.78 is 0. The molecule has 2 amide bonds. The van der Waals surface area contributed by atoms with Gasteiger partial charge in [-0.2, -0.15) is 0 Å². The maximum Gasteiger partial charge on any atom is 0.319 e. The molecule has 4 nitrogen and oxygen atoms in total. The number of para-hydroxylation sites is 1. The fourth-order valence-electron chi connectivity index (χ4n) is 2.99. The van der Waals surface area contributed by atoms with Crippen LogP contribution in [0.4, 0.5) is 10.5 Å². The summed E-state index contributed by atoms with van der Waals surface area (Å²) >= 11 is 0. The van der Waals surface area contributed by atoms with Crippen LogP contribution in [-0.2, 0) is 0 Å². The molecule has 0 spiro atoms. The van der Waals surface area contributed by atoms with Crippen molar-refractivity contribution >= 4 is 11.7 Å². The van der Waals surface area contributed by atoms with Crippen molar-refractivity contribution in [3.05, 3.63) is 29.3 Å². The molecule has 20 heavy (non-hydrogen) atoms. The van der Waals surface area contributed by atoms with Gasteiger partial charge in [-0.05, 0) is 37.8 Å². The molecule has 1 aliphatic rings. The van der Waals surface area contributed by atoms with E-state index >= 15 is 0 Å². The summed E-state index contributed by atoms with van der Waals surface area (Å²) in [5.74, 6) is 0. The topological polar surface area (TPSA) is 61.4 Å². The van der Waals surface area contributed by atoms with E-state index in [1.165, 1.54) is 0 Å². The number of urea groups is 1. The molecule has 0 heterocycles. The highest BCUT2D eigenvalue weighted by Gasteiger charge is 2.39. The smallest absolute Gasteiger partial charge is 0.319 e. The van der Waals surface area contributed by atoms with E-state index in [1.807, 2.05) is 39.0 Å². The zero-order valence-electron chi connectivity index (χ0n) is 12.5. The molecule has 2 rings (SSSR count). The van der Waals surface area contributed by atoms with Crippen molar-refractivity contribution in [3.63, 3.8) is 0 Å². The molecule has 0 aromatic heterocycles. The van der Waals surface area contributed by atoms with Crippen LogP contribution < -0.4 is 10.6 Å². The first kappa shape index (κ1) is 14.9.